The summed E-state index contributed by atoms with van der Waals surface area (Å²) in [6.45, 7) is -0.132. The second kappa shape index (κ2) is 10.4. The minimum absolute atomic E-state index is 0. The molecule has 0 fully saturated rings. The minimum atomic E-state index is -0.373. The Labute approximate surface area is 56.6 Å². The molecular weight excluding hydrogens is 120 g/mol. The van der Waals surface area contributed by atoms with Crippen LogP contribution in [0, 0.1) is 0 Å². The summed E-state index contributed by atoms with van der Waals surface area (Å²) >= 11 is 0. The molecule has 0 saturated carbocycles. The number of aliphatic hydroxyl groups is 1. The number of ether oxygens (including phenoxy) is 1. The molecule has 0 unspecified atom stereocenters. The maximum atomic E-state index is 10.0. The van der Waals surface area contributed by atoms with E-state index in [1.807, 2.05) is 0 Å². The van der Waals surface area contributed by atoms with Gasteiger partial charge in [-0.1, -0.05) is 14.9 Å². The number of aliphatic hydroxyl groups excluding tert-OH is 1. The van der Waals surface area contributed by atoms with Crippen molar-refractivity contribution in [1.29, 1.82) is 0 Å². The predicted octanol–water partition coefficient (Wildman–Crippen LogP) is 0.814. The van der Waals surface area contributed by atoms with Crippen LogP contribution in [0.25, 0.3) is 0 Å². The van der Waals surface area contributed by atoms with Crippen molar-refractivity contribution in [3.8, 4) is 0 Å². The molecule has 0 saturated heterocycles. The molecule has 0 aromatic rings. The van der Waals surface area contributed by atoms with Crippen LogP contribution >= 0.6 is 0 Å². The van der Waals surface area contributed by atoms with Crippen LogP contribution in [0.1, 0.15) is 21.3 Å². The molecule has 0 spiro atoms. The molecule has 0 aromatic carbocycles. The van der Waals surface area contributed by atoms with E-state index in [2.05, 4.69) is 4.74 Å². The van der Waals surface area contributed by atoms with Crippen molar-refractivity contribution in [1.82, 2.24) is 0 Å². The maximum Gasteiger partial charge on any atom is 0.307 e. The smallest absolute Gasteiger partial charge is 0.307 e. The van der Waals surface area contributed by atoms with Gasteiger partial charge in [0.05, 0.1) is 20.1 Å². The van der Waals surface area contributed by atoms with Crippen LogP contribution in [-0.4, -0.2) is 24.8 Å². The van der Waals surface area contributed by atoms with Crippen LogP contribution in [0.4, 0.5) is 0 Å². The quantitative estimate of drug-likeness (QED) is 0.571. The van der Waals surface area contributed by atoms with Crippen LogP contribution < -0.4 is 0 Å². The van der Waals surface area contributed by atoms with Crippen molar-refractivity contribution in [3.05, 3.63) is 0 Å². The second-order valence-electron chi connectivity index (χ2n) is 1.05. The zero-order chi connectivity index (χ0) is 5.70. The summed E-state index contributed by atoms with van der Waals surface area (Å²) in [5, 5.41) is 8.07. The third-order valence-electron chi connectivity index (χ3n) is 0.544. The second-order valence-corrected chi connectivity index (χ2v) is 1.05. The number of methoxy groups -OCH3 is 1. The van der Waals surface area contributed by atoms with Crippen molar-refractivity contribution < 1.29 is 14.6 Å². The average molecular weight is 136 g/mol. The molecule has 0 radical (unpaired) electrons. The first-order valence-corrected chi connectivity index (χ1v) is 1.99. The topological polar surface area (TPSA) is 46.5 Å². The van der Waals surface area contributed by atoms with Crippen LogP contribution in [0.5, 0.6) is 0 Å². The maximum absolute atomic E-state index is 10.0. The Morgan fingerprint density at radius 2 is 2.00 bits per heavy atom. The Kier molecular flexibility index (Phi) is 18.3. The van der Waals surface area contributed by atoms with Gasteiger partial charge in [0.15, 0.2) is 0 Å². The lowest BCUT2D eigenvalue weighted by atomic mass is 10.5. The highest BCUT2D eigenvalue weighted by Gasteiger charge is 1.93. The summed E-state index contributed by atoms with van der Waals surface area (Å²) in [4.78, 5) is 10.0. The predicted molar refractivity (Wildman–Crippen MR) is 37.2 cm³/mol. The van der Waals surface area contributed by atoms with Gasteiger partial charge in [0, 0.05) is 0 Å². The number of carbonyl (C=O) groups excluding carboxylic acids is 1. The summed E-state index contributed by atoms with van der Waals surface area (Å²) < 4.78 is 4.19. The van der Waals surface area contributed by atoms with E-state index in [4.69, 9.17) is 5.11 Å². The third kappa shape index (κ3) is 11.2. The van der Waals surface area contributed by atoms with Gasteiger partial charge < -0.3 is 9.84 Å². The Balaban J connectivity index is -0.000000180. The number of hydrogen-bond donors (Lipinski definition) is 1. The van der Waals surface area contributed by atoms with Crippen molar-refractivity contribution in [3.63, 3.8) is 0 Å². The fourth-order valence-corrected chi connectivity index (χ4v) is 0.193. The van der Waals surface area contributed by atoms with Crippen molar-refractivity contribution >= 4 is 5.97 Å². The molecule has 3 nitrogen and oxygen atoms in total. The number of rotatable bonds is 2. The van der Waals surface area contributed by atoms with Gasteiger partial charge in [-0.3, -0.25) is 4.79 Å². The number of hydrogen-bond acceptors (Lipinski definition) is 3. The van der Waals surface area contributed by atoms with E-state index < -0.39 is 0 Å². The van der Waals surface area contributed by atoms with E-state index in [1.54, 1.807) is 0 Å². The van der Waals surface area contributed by atoms with E-state index >= 15 is 0 Å². The lowest BCUT2D eigenvalue weighted by Crippen LogP contribution is -2.01. The molecular formula is C6H16O3. The summed E-state index contributed by atoms with van der Waals surface area (Å²) in [6.07, 6.45) is 0.0938. The van der Waals surface area contributed by atoms with Gasteiger partial charge in [-0.15, -0.1) is 0 Å². The van der Waals surface area contributed by atoms with Crippen LogP contribution in [-0.2, 0) is 9.53 Å². The van der Waals surface area contributed by atoms with Gasteiger partial charge in [-0.05, 0) is 0 Å². The number of esters is 1. The van der Waals surface area contributed by atoms with E-state index in [9.17, 15) is 4.79 Å². The molecule has 0 aliphatic carbocycles. The van der Waals surface area contributed by atoms with Gasteiger partial charge in [-0.2, -0.15) is 0 Å². The van der Waals surface area contributed by atoms with Gasteiger partial charge >= 0.3 is 5.97 Å². The molecule has 0 bridgehead atoms. The molecule has 0 rings (SSSR count). The summed E-state index contributed by atoms with van der Waals surface area (Å²) in [5.74, 6) is -0.373. The molecule has 9 heavy (non-hydrogen) atoms. The molecule has 0 amide bonds. The molecule has 0 aromatic heterocycles. The van der Waals surface area contributed by atoms with Crippen LogP contribution in [0.2, 0.25) is 0 Å². The fourth-order valence-electron chi connectivity index (χ4n) is 0.193. The summed E-state index contributed by atoms with van der Waals surface area (Å²) in [7, 11) is 1.29. The van der Waals surface area contributed by atoms with Gasteiger partial charge in [0.25, 0.3) is 0 Å². The van der Waals surface area contributed by atoms with Crippen molar-refractivity contribution in [2.75, 3.05) is 13.7 Å². The molecule has 1 N–H and O–H groups in total. The molecule has 0 heterocycles. The van der Waals surface area contributed by atoms with Gasteiger partial charge in [0.1, 0.15) is 0 Å². The first-order valence-electron chi connectivity index (χ1n) is 1.99. The summed E-state index contributed by atoms with van der Waals surface area (Å²) in [6, 6.07) is 0. The van der Waals surface area contributed by atoms with Crippen LogP contribution in [0.15, 0.2) is 0 Å². The Hall–Kier alpha value is -0.570. The third-order valence-corrected chi connectivity index (χ3v) is 0.544. The Morgan fingerprint density at radius 1 is 1.56 bits per heavy atom. The molecule has 58 valence electrons. The van der Waals surface area contributed by atoms with E-state index in [-0.39, 0.29) is 33.9 Å². The van der Waals surface area contributed by atoms with Crippen molar-refractivity contribution in [2.24, 2.45) is 0 Å². The first kappa shape index (κ1) is 15.8. The minimum Gasteiger partial charge on any atom is -0.469 e. The zero-order valence-corrected chi connectivity index (χ0v) is 4.18. The number of carbonyl (C=O) groups is 1. The van der Waals surface area contributed by atoms with E-state index in [0.29, 0.717) is 0 Å². The molecule has 3 heteroatoms. The Morgan fingerprint density at radius 3 is 2.11 bits per heavy atom. The highest BCUT2D eigenvalue weighted by molar-refractivity contribution is 5.69. The van der Waals surface area contributed by atoms with E-state index in [0.717, 1.165) is 0 Å². The SMILES string of the molecule is C.C.COC(=O)CCO. The molecule has 0 atom stereocenters. The monoisotopic (exact) mass is 136 g/mol. The first-order chi connectivity index (χ1) is 3.31. The fraction of sp³-hybridized carbons (Fsp3) is 0.833. The lowest BCUT2D eigenvalue weighted by molar-refractivity contribution is -0.141. The lowest BCUT2D eigenvalue weighted by Gasteiger charge is -1.90. The highest BCUT2D eigenvalue weighted by Crippen LogP contribution is 1.78. The van der Waals surface area contributed by atoms with Crippen molar-refractivity contribution in [2.45, 2.75) is 21.3 Å². The standard InChI is InChI=1S/C4H8O3.2CH4/c1-7-4(6)2-3-5;;/h5H,2-3H2,1H3;2*1H4. The zero-order valence-electron chi connectivity index (χ0n) is 4.18. The highest BCUT2D eigenvalue weighted by atomic mass is 16.5. The summed E-state index contributed by atoms with van der Waals surface area (Å²) in [5.41, 5.74) is 0. The largest absolute Gasteiger partial charge is 0.469 e. The molecule has 0 aliphatic heterocycles. The molecule has 0 aliphatic rings. The van der Waals surface area contributed by atoms with Crippen LogP contribution in [0.3, 0.4) is 0 Å². The normalized spacial score (nSPS) is 6.44. The van der Waals surface area contributed by atoms with Gasteiger partial charge in [-0.25, -0.2) is 0 Å². The van der Waals surface area contributed by atoms with E-state index in [1.165, 1.54) is 7.11 Å². The average Bonchev–Trinajstić information content (AvgIpc) is 1.68. The van der Waals surface area contributed by atoms with Gasteiger partial charge in [0.2, 0.25) is 0 Å². The Bertz CT molecular complexity index is 61.3.